The molecular weight excluding hydrogens is 342 g/mol. The van der Waals surface area contributed by atoms with Crippen LogP contribution in [0.5, 0.6) is 0 Å². The number of amides is 1. The largest absolute Gasteiger partial charge is 0.481 e. The number of benzene rings is 2. The van der Waals surface area contributed by atoms with Crippen LogP contribution in [-0.2, 0) is 28.9 Å². The van der Waals surface area contributed by atoms with Crippen LogP contribution in [0.1, 0.15) is 34.6 Å². The van der Waals surface area contributed by atoms with Crippen molar-refractivity contribution in [2.75, 3.05) is 6.54 Å². The van der Waals surface area contributed by atoms with Crippen LogP contribution >= 0.6 is 0 Å². The monoisotopic (exact) mass is 363 g/mol. The van der Waals surface area contributed by atoms with Gasteiger partial charge in [-0.1, -0.05) is 30.3 Å². The second-order valence-electron chi connectivity index (χ2n) is 7.01. The number of carbonyl (C=O) groups is 2. The van der Waals surface area contributed by atoms with Crippen molar-refractivity contribution in [1.29, 1.82) is 0 Å². The SMILES string of the molecule is O=C(Cc1coc2cc3c(cc12)CCC3)NCC(C(=O)O)c1ccccc1. The lowest BCUT2D eigenvalue weighted by molar-refractivity contribution is -0.138. The van der Waals surface area contributed by atoms with Crippen LogP contribution in [0, 0.1) is 0 Å². The molecule has 0 aliphatic heterocycles. The molecule has 2 aromatic carbocycles. The Labute approximate surface area is 157 Å². The highest BCUT2D eigenvalue weighted by molar-refractivity contribution is 5.89. The molecule has 0 spiro atoms. The lowest BCUT2D eigenvalue weighted by Gasteiger charge is -2.13. The fourth-order valence-electron chi connectivity index (χ4n) is 3.77. The third kappa shape index (κ3) is 3.58. The molecule has 1 aromatic heterocycles. The highest BCUT2D eigenvalue weighted by atomic mass is 16.4. The van der Waals surface area contributed by atoms with Crippen molar-refractivity contribution in [3.63, 3.8) is 0 Å². The zero-order valence-corrected chi connectivity index (χ0v) is 14.9. The normalized spacial score (nSPS) is 14.1. The van der Waals surface area contributed by atoms with Crippen LogP contribution < -0.4 is 5.32 Å². The molecule has 1 atom stereocenters. The lowest BCUT2D eigenvalue weighted by atomic mass is 9.99. The molecule has 0 saturated heterocycles. The van der Waals surface area contributed by atoms with E-state index < -0.39 is 11.9 Å². The molecule has 0 bridgehead atoms. The maximum Gasteiger partial charge on any atom is 0.312 e. The Bertz CT molecular complexity index is 990. The third-order valence-corrected chi connectivity index (χ3v) is 5.22. The minimum atomic E-state index is -0.953. The van der Waals surface area contributed by atoms with Crippen molar-refractivity contribution in [2.24, 2.45) is 0 Å². The molecule has 1 unspecified atom stereocenters. The summed E-state index contributed by atoms with van der Waals surface area (Å²) >= 11 is 0. The summed E-state index contributed by atoms with van der Waals surface area (Å²) in [6.45, 7) is 0.0589. The minimum Gasteiger partial charge on any atom is -0.481 e. The highest BCUT2D eigenvalue weighted by Crippen LogP contribution is 2.30. The van der Waals surface area contributed by atoms with E-state index in [2.05, 4.69) is 17.4 Å². The van der Waals surface area contributed by atoms with Crippen LogP contribution in [0.4, 0.5) is 0 Å². The number of hydrogen-bond acceptors (Lipinski definition) is 3. The van der Waals surface area contributed by atoms with Gasteiger partial charge in [-0.3, -0.25) is 9.59 Å². The molecule has 1 aliphatic carbocycles. The van der Waals surface area contributed by atoms with E-state index in [1.54, 1.807) is 30.5 Å². The van der Waals surface area contributed by atoms with Gasteiger partial charge in [-0.05, 0) is 48.1 Å². The average molecular weight is 363 g/mol. The summed E-state index contributed by atoms with van der Waals surface area (Å²) in [6.07, 6.45) is 5.11. The predicted octanol–water partition coefficient (Wildman–Crippen LogP) is 3.45. The number of aryl methyl sites for hydroxylation is 2. The van der Waals surface area contributed by atoms with Crippen molar-refractivity contribution in [2.45, 2.75) is 31.6 Å². The average Bonchev–Trinajstić information content (AvgIpc) is 3.27. The molecular formula is C22H21NO4. The van der Waals surface area contributed by atoms with Gasteiger partial charge in [0, 0.05) is 17.5 Å². The molecule has 1 heterocycles. The van der Waals surface area contributed by atoms with Crippen LogP contribution in [0.25, 0.3) is 11.0 Å². The standard InChI is InChI=1S/C22H21NO4/c24-21(23-12-19(22(25)26)14-5-2-1-3-6-14)11-17-13-27-20-10-16-8-4-7-15(16)9-18(17)20/h1-3,5-6,9-10,13,19H,4,7-8,11-12H2,(H,23,24)(H,25,26). The van der Waals surface area contributed by atoms with Gasteiger partial charge in [-0.2, -0.15) is 0 Å². The van der Waals surface area contributed by atoms with Gasteiger partial charge in [-0.25, -0.2) is 0 Å². The molecule has 5 nitrogen and oxygen atoms in total. The van der Waals surface area contributed by atoms with E-state index in [-0.39, 0.29) is 18.9 Å². The molecule has 1 amide bonds. The summed E-state index contributed by atoms with van der Waals surface area (Å²) in [5.74, 6) is -1.93. The fraction of sp³-hybridized carbons (Fsp3) is 0.273. The molecule has 2 N–H and O–H groups in total. The second kappa shape index (κ2) is 7.27. The summed E-state index contributed by atoms with van der Waals surface area (Å²) in [5, 5.41) is 13.2. The van der Waals surface area contributed by atoms with Crippen LogP contribution in [0.15, 0.2) is 53.1 Å². The first-order valence-corrected chi connectivity index (χ1v) is 9.18. The molecule has 0 saturated carbocycles. The van der Waals surface area contributed by atoms with Crippen molar-refractivity contribution in [3.05, 3.63) is 71.0 Å². The van der Waals surface area contributed by atoms with E-state index in [9.17, 15) is 14.7 Å². The Hall–Kier alpha value is -3.08. The number of carboxylic acids is 1. The summed E-state index contributed by atoms with van der Waals surface area (Å²) in [7, 11) is 0. The van der Waals surface area contributed by atoms with Crippen molar-refractivity contribution in [1.82, 2.24) is 5.32 Å². The van der Waals surface area contributed by atoms with E-state index in [1.807, 2.05) is 6.07 Å². The minimum absolute atomic E-state index is 0.0589. The second-order valence-corrected chi connectivity index (χ2v) is 7.01. The Balaban J connectivity index is 1.45. The van der Waals surface area contributed by atoms with Gasteiger partial charge in [0.25, 0.3) is 0 Å². The number of carbonyl (C=O) groups excluding carboxylic acids is 1. The van der Waals surface area contributed by atoms with Gasteiger partial charge in [0.2, 0.25) is 5.91 Å². The van der Waals surface area contributed by atoms with Crippen molar-refractivity contribution < 1.29 is 19.1 Å². The number of aliphatic carboxylic acids is 1. The maximum atomic E-state index is 12.4. The van der Waals surface area contributed by atoms with E-state index in [0.717, 1.165) is 35.8 Å². The Morgan fingerprint density at radius 1 is 1.11 bits per heavy atom. The number of nitrogens with one attached hydrogen (secondary N) is 1. The Morgan fingerprint density at radius 2 is 1.85 bits per heavy atom. The van der Waals surface area contributed by atoms with Crippen molar-refractivity contribution in [3.8, 4) is 0 Å². The van der Waals surface area contributed by atoms with E-state index in [1.165, 1.54) is 11.1 Å². The molecule has 27 heavy (non-hydrogen) atoms. The van der Waals surface area contributed by atoms with E-state index in [4.69, 9.17) is 4.42 Å². The number of hydrogen-bond donors (Lipinski definition) is 2. The Morgan fingerprint density at radius 3 is 2.59 bits per heavy atom. The fourth-order valence-corrected chi connectivity index (χ4v) is 3.77. The van der Waals surface area contributed by atoms with Gasteiger partial charge in [0.15, 0.2) is 0 Å². The number of rotatable bonds is 6. The van der Waals surface area contributed by atoms with Gasteiger partial charge in [-0.15, -0.1) is 0 Å². The van der Waals surface area contributed by atoms with E-state index in [0.29, 0.717) is 5.56 Å². The first kappa shape index (κ1) is 17.3. The van der Waals surface area contributed by atoms with Crippen LogP contribution in [0.3, 0.4) is 0 Å². The number of carboxylic acid groups (broad SMARTS) is 1. The van der Waals surface area contributed by atoms with Gasteiger partial charge in [0.05, 0.1) is 18.6 Å². The molecule has 4 rings (SSSR count). The molecule has 1 aliphatic rings. The molecule has 5 heteroatoms. The lowest BCUT2D eigenvalue weighted by Crippen LogP contribution is -2.32. The maximum absolute atomic E-state index is 12.4. The quantitative estimate of drug-likeness (QED) is 0.703. The van der Waals surface area contributed by atoms with E-state index >= 15 is 0 Å². The smallest absolute Gasteiger partial charge is 0.312 e. The number of fused-ring (bicyclic) bond motifs is 2. The first-order valence-electron chi connectivity index (χ1n) is 9.18. The molecule has 3 aromatic rings. The summed E-state index contributed by atoms with van der Waals surface area (Å²) in [5.41, 5.74) is 4.99. The first-order chi connectivity index (χ1) is 13.1. The molecule has 0 fully saturated rings. The van der Waals surface area contributed by atoms with Gasteiger partial charge in [0.1, 0.15) is 5.58 Å². The number of furan rings is 1. The Kier molecular flexibility index (Phi) is 4.67. The zero-order valence-electron chi connectivity index (χ0n) is 14.9. The third-order valence-electron chi connectivity index (χ3n) is 5.22. The van der Waals surface area contributed by atoms with Crippen LogP contribution in [0.2, 0.25) is 0 Å². The molecule has 138 valence electrons. The topological polar surface area (TPSA) is 79.5 Å². The molecule has 0 radical (unpaired) electrons. The summed E-state index contributed by atoms with van der Waals surface area (Å²) < 4.78 is 5.63. The van der Waals surface area contributed by atoms with Crippen LogP contribution in [-0.4, -0.2) is 23.5 Å². The van der Waals surface area contributed by atoms with Crippen molar-refractivity contribution >= 4 is 22.8 Å². The highest BCUT2D eigenvalue weighted by Gasteiger charge is 2.21. The predicted molar refractivity (Wildman–Crippen MR) is 102 cm³/mol. The zero-order chi connectivity index (χ0) is 18.8. The van der Waals surface area contributed by atoms with Gasteiger partial charge >= 0.3 is 5.97 Å². The van der Waals surface area contributed by atoms with Gasteiger partial charge < -0.3 is 14.8 Å². The summed E-state index contributed by atoms with van der Waals surface area (Å²) in [4.78, 5) is 23.9. The summed E-state index contributed by atoms with van der Waals surface area (Å²) in [6, 6.07) is 13.2.